The molecule has 1 amide bonds. The molecule has 1 saturated carbocycles. The van der Waals surface area contributed by atoms with Gasteiger partial charge in [0, 0.05) is 6.04 Å². The molecule has 94 valence electrons. The molecule has 0 spiro atoms. The Labute approximate surface area is 101 Å². The Morgan fingerprint density at radius 3 is 2.56 bits per heavy atom. The van der Waals surface area contributed by atoms with Crippen molar-refractivity contribution in [3.8, 4) is 0 Å². The number of halogens is 4. The minimum atomic E-state index is -4.14. The quantitative estimate of drug-likeness (QED) is 0.781. The molecule has 1 fully saturated rings. The highest BCUT2D eigenvalue weighted by atomic mass is 79.9. The molecule has 0 heterocycles. The molecule has 0 aromatic carbocycles. The average molecular weight is 302 g/mol. The topological polar surface area (TPSA) is 29.1 Å². The number of amides is 1. The van der Waals surface area contributed by atoms with Crippen molar-refractivity contribution >= 4 is 21.8 Å². The summed E-state index contributed by atoms with van der Waals surface area (Å²) in [5.41, 5.74) is 0. The van der Waals surface area contributed by atoms with Gasteiger partial charge in [-0.1, -0.05) is 22.4 Å². The summed E-state index contributed by atoms with van der Waals surface area (Å²) in [6.45, 7) is 1.65. The van der Waals surface area contributed by atoms with Gasteiger partial charge in [-0.15, -0.1) is 0 Å². The molecule has 0 radical (unpaired) electrons. The summed E-state index contributed by atoms with van der Waals surface area (Å²) in [5.74, 6) is -1.51. The summed E-state index contributed by atoms with van der Waals surface area (Å²) in [6.07, 6.45) is -2.79. The predicted octanol–water partition coefficient (Wildman–Crippen LogP) is 3.01. The first kappa shape index (κ1) is 13.8. The standard InChI is InChI=1S/C10H15BrF3NO/c1-6(11)9(16)15-8-4-2-3-7(5-8)10(12,13)14/h6-8H,2-5H2,1H3,(H,15,16). The fourth-order valence-electron chi connectivity index (χ4n) is 1.93. The summed E-state index contributed by atoms with van der Waals surface area (Å²) in [4.78, 5) is 11.0. The van der Waals surface area contributed by atoms with Crippen LogP contribution in [0.2, 0.25) is 0 Å². The first-order valence-corrected chi connectivity index (χ1v) is 6.23. The zero-order chi connectivity index (χ0) is 12.3. The van der Waals surface area contributed by atoms with Crippen molar-refractivity contribution in [1.29, 1.82) is 0 Å². The van der Waals surface area contributed by atoms with Crippen LogP contribution in [0.5, 0.6) is 0 Å². The number of carbonyl (C=O) groups is 1. The van der Waals surface area contributed by atoms with Gasteiger partial charge in [0.05, 0.1) is 10.7 Å². The van der Waals surface area contributed by atoms with E-state index in [1.54, 1.807) is 6.92 Å². The molecular weight excluding hydrogens is 287 g/mol. The van der Waals surface area contributed by atoms with Gasteiger partial charge in [-0.05, 0) is 26.2 Å². The van der Waals surface area contributed by atoms with Crippen LogP contribution in [-0.4, -0.2) is 23.0 Å². The molecule has 0 bridgehead atoms. The van der Waals surface area contributed by atoms with E-state index in [0.717, 1.165) is 0 Å². The van der Waals surface area contributed by atoms with Crippen molar-refractivity contribution in [3.05, 3.63) is 0 Å². The maximum Gasteiger partial charge on any atom is 0.391 e. The number of hydrogen-bond donors (Lipinski definition) is 1. The van der Waals surface area contributed by atoms with E-state index in [0.29, 0.717) is 12.8 Å². The Morgan fingerprint density at radius 1 is 1.44 bits per heavy atom. The first-order valence-electron chi connectivity index (χ1n) is 5.32. The van der Waals surface area contributed by atoms with E-state index in [1.165, 1.54) is 0 Å². The second-order valence-corrected chi connectivity index (χ2v) is 5.60. The Balaban J connectivity index is 2.48. The minimum absolute atomic E-state index is 0.00889. The first-order chi connectivity index (χ1) is 7.30. The third-order valence-electron chi connectivity index (χ3n) is 2.84. The van der Waals surface area contributed by atoms with Crippen LogP contribution >= 0.6 is 15.9 Å². The molecule has 0 aromatic rings. The zero-order valence-corrected chi connectivity index (χ0v) is 10.6. The largest absolute Gasteiger partial charge is 0.391 e. The molecule has 1 aliphatic rings. The van der Waals surface area contributed by atoms with E-state index < -0.39 is 12.1 Å². The minimum Gasteiger partial charge on any atom is -0.352 e. The molecule has 6 heteroatoms. The molecule has 0 aromatic heterocycles. The van der Waals surface area contributed by atoms with E-state index >= 15 is 0 Å². The maximum atomic E-state index is 12.5. The van der Waals surface area contributed by atoms with Gasteiger partial charge in [-0.25, -0.2) is 0 Å². The second kappa shape index (κ2) is 5.38. The Bertz CT molecular complexity index is 255. The lowest BCUT2D eigenvalue weighted by Crippen LogP contribution is -2.43. The van der Waals surface area contributed by atoms with Crippen LogP contribution in [0.25, 0.3) is 0 Å². The summed E-state index contributed by atoms with van der Waals surface area (Å²) in [7, 11) is 0. The SMILES string of the molecule is CC(Br)C(=O)NC1CCCC(C(F)(F)F)C1. The summed E-state index contributed by atoms with van der Waals surface area (Å²) >= 11 is 3.09. The lowest BCUT2D eigenvalue weighted by Gasteiger charge is -2.31. The van der Waals surface area contributed by atoms with Gasteiger partial charge in [0.25, 0.3) is 0 Å². The molecule has 0 aliphatic heterocycles. The monoisotopic (exact) mass is 301 g/mol. The highest BCUT2D eigenvalue weighted by Crippen LogP contribution is 2.37. The van der Waals surface area contributed by atoms with E-state index in [1.807, 2.05) is 0 Å². The molecule has 1 rings (SSSR count). The summed E-state index contributed by atoms with van der Waals surface area (Å²) in [5, 5.41) is 2.63. The van der Waals surface area contributed by atoms with Crippen LogP contribution in [0.15, 0.2) is 0 Å². The Morgan fingerprint density at radius 2 is 2.06 bits per heavy atom. The number of rotatable bonds is 2. The molecule has 1 aliphatic carbocycles. The summed E-state index contributed by atoms with van der Waals surface area (Å²) in [6, 6.07) is -0.340. The van der Waals surface area contributed by atoms with Gasteiger partial charge in [-0.3, -0.25) is 4.79 Å². The van der Waals surface area contributed by atoms with Crippen molar-refractivity contribution in [1.82, 2.24) is 5.32 Å². The van der Waals surface area contributed by atoms with E-state index in [4.69, 9.17) is 0 Å². The molecule has 1 N–H and O–H groups in total. The van der Waals surface area contributed by atoms with Gasteiger partial charge in [0.1, 0.15) is 0 Å². The van der Waals surface area contributed by atoms with Crippen LogP contribution in [0, 0.1) is 5.92 Å². The molecule has 2 nitrogen and oxygen atoms in total. The van der Waals surface area contributed by atoms with Crippen molar-refractivity contribution in [2.45, 2.75) is 49.7 Å². The van der Waals surface area contributed by atoms with Crippen LogP contribution in [-0.2, 0) is 4.79 Å². The van der Waals surface area contributed by atoms with Crippen molar-refractivity contribution in [2.75, 3.05) is 0 Å². The zero-order valence-electron chi connectivity index (χ0n) is 8.98. The van der Waals surface area contributed by atoms with E-state index in [-0.39, 0.29) is 29.6 Å². The predicted molar refractivity (Wildman–Crippen MR) is 58.3 cm³/mol. The van der Waals surface area contributed by atoms with Gasteiger partial charge in [-0.2, -0.15) is 13.2 Å². The molecular formula is C10H15BrF3NO. The Hall–Kier alpha value is -0.260. The van der Waals surface area contributed by atoms with Crippen LogP contribution in [0.4, 0.5) is 13.2 Å². The Kier molecular flexibility index (Phi) is 4.64. The van der Waals surface area contributed by atoms with Crippen LogP contribution in [0.3, 0.4) is 0 Å². The van der Waals surface area contributed by atoms with E-state index in [2.05, 4.69) is 21.2 Å². The highest BCUT2D eigenvalue weighted by molar-refractivity contribution is 9.10. The van der Waals surface area contributed by atoms with Crippen molar-refractivity contribution < 1.29 is 18.0 Å². The van der Waals surface area contributed by atoms with Gasteiger partial charge in [0.15, 0.2) is 0 Å². The lowest BCUT2D eigenvalue weighted by molar-refractivity contribution is -0.184. The van der Waals surface area contributed by atoms with Crippen LogP contribution in [0.1, 0.15) is 32.6 Å². The van der Waals surface area contributed by atoms with Crippen LogP contribution < -0.4 is 5.32 Å². The normalized spacial score (nSPS) is 28.6. The molecule has 3 atom stereocenters. The van der Waals surface area contributed by atoms with Gasteiger partial charge >= 0.3 is 6.18 Å². The molecule has 3 unspecified atom stereocenters. The number of carbonyl (C=O) groups excluding carboxylic acids is 1. The maximum absolute atomic E-state index is 12.5. The fraction of sp³-hybridized carbons (Fsp3) is 0.900. The smallest absolute Gasteiger partial charge is 0.352 e. The average Bonchev–Trinajstić information content (AvgIpc) is 2.16. The second-order valence-electron chi connectivity index (χ2n) is 4.23. The highest BCUT2D eigenvalue weighted by Gasteiger charge is 2.42. The van der Waals surface area contributed by atoms with Gasteiger partial charge in [0.2, 0.25) is 5.91 Å². The van der Waals surface area contributed by atoms with E-state index in [9.17, 15) is 18.0 Å². The van der Waals surface area contributed by atoms with Gasteiger partial charge < -0.3 is 5.32 Å². The lowest BCUT2D eigenvalue weighted by atomic mass is 9.85. The summed E-state index contributed by atoms with van der Waals surface area (Å²) < 4.78 is 37.5. The number of alkyl halides is 4. The van der Waals surface area contributed by atoms with Crippen molar-refractivity contribution in [3.63, 3.8) is 0 Å². The fourth-order valence-corrected chi connectivity index (χ4v) is 2.07. The third-order valence-corrected chi connectivity index (χ3v) is 3.26. The molecule has 0 saturated heterocycles. The van der Waals surface area contributed by atoms with Crippen molar-refractivity contribution in [2.24, 2.45) is 5.92 Å². The third kappa shape index (κ3) is 3.96. The molecule has 16 heavy (non-hydrogen) atoms. The number of hydrogen-bond acceptors (Lipinski definition) is 1. The number of nitrogens with one attached hydrogen (secondary N) is 1.